The number of unbranched alkanes of at least 4 members (excludes halogenated alkanes) is 5. The fourth-order valence-electron chi connectivity index (χ4n) is 2.41. The number of hydrogen-bond acceptors (Lipinski definition) is 2. The highest BCUT2D eigenvalue weighted by atomic mass is 15.1. The monoisotopic (exact) mass is 314 g/mol. The summed E-state index contributed by atoms with van der Waals surface area (Å²) in [5.41, 5.74) is 0. The van der Waals surface area contributed by atoms with E-state index in [9.17, 15) is 0 Å². The van der Waals surface area contributed by atoms with Gasteiger partial charge in [-0.15, -0.1) is 0 Å². The summed E-state index contributed by atoms with van der Waals surface area (Å²) in [5.74, 6) is 0.864. The minimum absolute atomic E-state index is 0.864. The summed E-state index contributed by atoms with van der Waals surface area (Å²) in [6.07, 6.45) is 12.5. The molecule has 0 aromatic carbocycles. The van der Waals surface area contributed by atoms with Gasteiger partial charge in [-0.05, 0) is 72.4 Å². The lowest BCUT2D eigenvalue weighted by atomic mass is 10.1. The van der Waals surface area contributed by atoms with Crippen LogP contribution in [-0.2, 0) is 0 Å². The second kappa shape index (κ2) is 19.0. The van der Waals surface area contributed by atoms with E-state index in [1.165, 1.54) is 77.4 Å². The van der Waals surface area contributed by atoms with Gasteiger partial charge in [-0.1, -0.05) is 59.8 Å². The molecule has 0 aromatic heterocycles. The zero-order chi connectivity index (χ0) is 17.2. The van der Waals surface area contributed by atoms with Crippen molar-refractivity contribution in [3.8, 4) is 0 Å². The van der Waals surface area contributed by atoms with Crippen molar-refractivity contribution in [2.45, 2.75) is 85.5 Å². The maximum atomic E-state index is 2.72. The Balaban J connectivity index is 0. The molecule has 0 fully saturated rings. The van der Waals surface area contributed by atoms with Gasteiger partial charge < -0.3 is 9.80 Å². The smallest absolute Gasteiger partial charge is 0.00186 e. The third-order valence-electron chi connectivity index (χ3n) is 3.66. The molecule has 0 amide bonds. The largest absolute Gasteiger partial charge is 0.312 e. The second-order valence-corrected chi connectivity index (χ2v) is 7.49. The fourth-order valence-corrected chi connectivity index (χ4v) is 2.41. The molecule has 0 saturated heterocycles. The summed E-state index contributed by atoms with van der Waals surface area (Å²) < 4.78 is 0. The zero-order valence-corrected chi connectivity index (χ0v) is 17.0. The Morgan fingerprint density at radius 1 is 0.636 bits per heavy atom. The lowest BCUT2D eigenvalue weighted by Crippen LogP contribution is -2.27. The molecule has 0 heterocycles. The van der Waals surface area contributed by atoms with Gasteiger partial charge in [0.05, 0.1) is 0 Å². The Kier molecular flexibility index (Phi) is 20.8. The average molecular weight is 315 g/mol. The molecule has 0 N–H and O–H groups in total. The summed E-state index contributed by atoms with van der Waals surface area (Å²) >= 11 is 0. The normalized spacial score (nSPS) is 11.2. The molecule has 0 aliphatic heterocycles. The van der Waals surface area contributed by atoms with Gasteiger partial charge >= 0.3 is 0 Å². The molecule has 2 heteroatoms. The van der Waals surface area contributed by atoms with Crippen molar-refractivity contribution < 1.29 is 0 Å². The molecule has 0 spiro atoms. The topological polar surface area (TPSA) is 6.48 Å². The maximum absolute atomic E-state index is 2.72. The van der Waals surface area contributed by atoms with Gasteiger partial charge in [0.15, 0.2) is 0 Å². The van der Waals surface area contributed by atoms with Crippen molar-refractivity contribution in [2.24, 2.45) is 5.92 Å². The minimum atomic E-state index is 0.864. The average Bonchev–Trinajstić information content (AvgIpc) is 2.42. The maximum Gasteiger partial charge on any atom is -0.00186 e. The van der Waals surface area contributed by atoms with Crippen molar-refractivity contribution in [1.29, 1.82) is 0 Å². The summed E-state index contributed by atoms with van der Waals surface area (Å²) in [7, 11) is 6.00. The van der Waals surface area contributed by atoms with Crippen molar-refractivity contribution in [3.63, 3.8) is 0 Å². The molecule has 22 heavy (non-hydrogen) atoms. The van der Waals surface area contributed by atoms with Crippen LogP contribution in [0.1, 0.15) is 85.5 Å². The highest BCUT2D eigenvalue weighted by Gasteiger charge is 2.05. The number of rotatable bonds is 13. The quantitative estimate of drug-likeness (QED) is 0.404. The summed E-state index contributed by atoms with van der Waals surface area (Å²) in [6, 6.07) is 0. The van der Waals surface area contributed by atoms with E-state index >= 15 is 0 Å². The van der Waals surface area contributed by atoms with Gasteiger partial charge in [-0.2, -0.15) is 0 Å². The predicted molar refractivity (Wildman–Crippen MR) is 104 cm³/mol. The molecular weight excluding hydrogens is 268 g/mol. The van der Waals surface area contributed by atoms with E-state index in [2.05, 4.69) is 32.6 Å². The van der Waals surface area contributed by atoms with Crippen LogP contribution in [0.2, 0.25) is 0 Å². The first-order valence-electron chi connectivity index (χ1n) is 9.77. The van der Waals surface area contributed by atoms with Crippen LogP contribution in [0.3, 0.4) is 0 Å². The van der Waals surface area contributed by atoms with Gasteiger partial charge in [-0.25, -0.2) is 0 Å². The van der Waals surface area contributed by atoms with Gasteiger partial charge in [-0.3, -0.25) is 0 Å². The van der Waals surface area contributed by atoms with Crippen molar-refractivity contribution >= 4 is 0 Å². The summed E-state index contributed by atoms with van der Waals surface area (Å²) in [6.45, 7) is 13.3. The molecule has 0 radical (unpaired) electrons. The molecule has 0 bridgehead atoms. The molecule has 0 aliphatic rings. The molecule has 0 unspecified atom stereocenters. The standard InChI is InChI=1S/C17H37N.C3H9N/c1-5-7-9-11-15-18(14-10-8-6-2)16-12-13-17(3)4;1-4(2)3/h17H,5-16H2,1-4H3;1-3H3. The number of nitrogens with zero attached hydrogens (tertiary/aromatic N) is 2. The Hall–Kier alpha value is -0.0800. The van der Waals surface area contributed by atoms with Gasteiger partial charge in [0.1, 0.15) is 0 Å². The van der Waals surface area contributed by atoms with E-state index in [1.807, 2.05) is 26.0 Å². The zero-order valence-electron chi connectivity index (χ0n) is 17.0. The molecule has 136 valence electrons. The van der Waals surface area contributed by atoms with E-state index in [0.717, 1.165) is 5.92 Å². The molecule has 2 nitrogen and oxygen atoms in total. The fraction of sp³-hybridized carbons (Fsp3) is 1.00. The first-order chi connectivity index (χ1) is 10.4. The Morgan fingerprint density at radius 2 is 1.05 bits per heavy atom. The summed E-state index contributed by atoms with van der Waals surface area (Å²) in [4.78, 5) is 4.72. The van der Waals surface area contributed by atoms with E-state index < -0.39 is 0 Å². The van der Waals surface area contributed by atoms with E-state index in [0.29, 0.717) is 0 Å². The molecular formula is C20H46N2. The lowest BCUT2D eigenvalue weighted by Gasteiger charge is -2.22. The first kappa shape index (κ1) is 24.2. The van der Waals surface area contributed by atoms with Crippen LogP contribution in [0.5, 0.6) is 0 Å². The van der Waals surface area contributed by atoms with Crippen LogP contribution in [0.15, 0.2) is 0 Å². The number of hydrogen-bond donors (Lipinski definition) is 0. The van der Waals surface area contributed by atoms with Gasteiger partial charge in [0, 0.05) is 0 Å². The minimum Gasteiger partial charge on any atom is -0.312 e. The Labute approximate surface area is 142 Å². The predicted octanol–water partition coefficient (Wildman–Crippen LogP) is 5.67. The Bertz CT molecular complexity index is 187. The first-order valence-corrected chi connectivity index (χ1v) is 9.77. The summed E-state index contributed by atoms with van der Waals surface area (Å²) in [5, 5.41) is 0. The van der Waals surface area contributed by atoms with Crippen LogP contribution < -0.4 is 0 Å². The lowest BCUT2D eigenvalue weighted by molar-refractivity contribution is 0.252. The van der Waals surface area contributed by atoms with Crippen molar-refractivity contribution in [3.05, 3.63) is 0 Å². The van der Waals surface area contributed by atoms with E-state index in [-0.39, 0.29) is 0 Å². The highest BCUT2D eigenvalue weighted by molar-refractivity contribution is 4.60. The molecule has 0 rings (SSSR count). The molecule has 0 aliphatic carbocycles. The Morgan fingerprint density at radius 3 is 1.50 bits per heavy atom. The highest BCUT2D eigenvalue weighted by Crippen LogP contribution is 2.08. The second-order valence-electron chi connectivity index (χ2n) is 7.49. The van der Waals surface area contributed by atoms with Gasteiger partial charge in [0.25, 0.3) is 0 Å². The van der Waals surface area contributed by atoms with E-state index in [1.54, 1.807) is 0 Å². The third-order valence-corrected chi connectivity index (χ3v) is 3.66. The SMILES string of the molecule is CCCCCCN(CCCCC)CCCC(C)C.CN(C)C. The van der Waals surface area contributed by atoms with Crippen molar-refractivity contribution in [1.82, 2.24) is 9.80 Å². The van der Waals surface area contributed by atoms with Crippen LogP contribution in [0, 0.1) is 5.92 Å². The molecule has 0 aromatic rings. The van der Waals surface area contributed by atoms with Crippen LogP contribution >= 0.6 is 0 Å². The van der Waals surface area contributed by atoms with Crippen LogP contribution in [0.25, 0.3) is 0 Å². The molecule has 0 saturated carbocycles. The third kappa shape index (κ3) is 24.9. The van der Waals surface area contributed by atoms with Crippen molar-refractivity contribution in [2.75, 3.05) is 40.8 Å². The molecule has 0 atom stereocenters. The van der Waals surface area contributed by atoms with Crippen LogP contribution in [0.4, 0.5) is 0 Å². The van der Waals surface area contributed by atoms with Gasteiger partial charge in [0.2, 0.25) is 0 Å². The van der Waals surface area contributed by atoms with E-state index in [4.69, 9.17) is 0 Å². The van der Waals surface area contributed by atoms with Crippen LogP contribution in [-0.4, -0.2) is 50.6 Å².